The van der Waals surface area contributed by atoms with Crippen LogP contribution in [-0.2, 0) is 21.6 Å². The van der Waals surface area contributed by atoms with Crippen molar-refractivity contribution in [1.82, 2.24) is 30.7 Å². The Morgan fingerprint density at radius 3 is 2.79 bits per heavy atom. The minimum Gasteiger partial charge on any atom is -0.381 e. The number of nitrogens with zero attached hydrogens (tertiary/aromatic N) is 3. The highest BCUT2D eigenvalue weighted by Crippen LogP contribution is 2.41. The van der Waals surface area contributed by atoms with E-state index in [4.69, 9.17) is 4.74 Å². The van der Waals surface area contributed by atoms with Gasteiger partial charge in [0, 0.05) is 48.6 Å². The van der Waals surface area contributed by atoms with Crippen molar-refractivity contribution in [2.75, 3.05) is 37.4 Å². The molecule has 5 rings (SSSR count). The van der Waals surface area contributed by atoms with Crippen molar-refractivity contribution in [3.8, 4) is 0 Å². The Kier molecular flexibility index (Phi) is 7.53. The lowest BCUT2D eigenvalue weighted by molar-refractivity contribution is -0.111. The van der Waals surface area contributed by atoms with Crippen molar-refractivity contribution in [2.45, 2.75) is 44.8 Å². The van der Waals surface area contributed by atoms with E-state index in [1.165, 1.54) is 6.08 Å². The molecule has 0 saturated carbocycles. The Labute approximate surface area is 227 Å². The number of carbonyl (C=O) groups excluding carboxylic acids is 2. The zero-order valence-corrected chi connectivity index (χ0v) is 22.6. The molecule has 1 fully saturated rings. The molecule has 2 aliphatic heterocycles. The molecule has 5 N–H and O–H groups in total. The van der Waals surface area contributed by atoms with Crippen LogP contribution in [0.3, 0.4) is 0 Å². The van der Waals surface area contributed by atoms with Gasteiger partial charge in [0.05, 0.1) is 17.8 Å². The molecule has 3 amide bonds. The summed E-state index contributed by atoms with van der Waals surface area (Å²) >= 11 is 0. The molecule has 11 nitrogen and oxygen atoms in total. The summed E-state index contributed by atoms with van der Waals surface area (Å²) in [4.78, 5) is 31.7. The standard InChI is InChI=1S/C28H36N8O3/c1-5-23(37)31-19-6-7-20-18(14-19)8-11-30-25(20)33-26-21-16-36(28(2,3)24(21)34-35-26)27(38)32-22(15-29-4)17-9-12-39-13-10-17/h5-8,11,14,17,22,29H,1,9-10,12-13,15-16H2,2-4H3,(H,31,37)(H,32,38)(H2,30,33,34,35)/t22-/m1/s1. The van der Waals surface area contributed by atoms with Gasteiger partial charge in [-0.3, -0.25) is 9.89 Å². The number of aromatic nitrogens is 3. The van der Waals surface area contributed by atoms with Gasteiger partial charge in [-0.2, -0.15) is 5.10 Å². The number of H-pyrrole nitrogens is 1. The fourth-order valence-electron chi connectivity index (χ4n) is 5.52. The number of pyridine rings is 1. The molecule has 1 aromatic carbocycles. The Hall–Kier alpha value is -3.96. The summed E-state index contributed by atoms with van der Waals surface area (Å²) in [6.07, 6.45) is 4.82. The number of urea groups is 1. The first-order chi connectivity index (χ1) is 18.8. The van der Waals surface area contributed by atoms with Crippen LogP contribution in [0.1, 0.15) is 37.9 Å². The monoisotopic (exact) mass is 532 g/mol. The Balaban J connectivity index is 1.35. The number of anilines is 3. The Bertz CT molecular complexity index is 1380. The summed E-state index contributed by atoms with van der Waals surface area (Å²) in [7, 11) is 1.91. The number of nitrogens with one attached hydrogen (secondary N) is 5. The molecule has 1 saturated heterocycles. The molecular weight excluding hydrogens is 496 g/mol. The first-order valence-electron chi connectivity index (χ1n) is 13.3. The van der Waals surface area contributed by atoms with Crippen LogP contribution in [0.4, 0.5) is 22.1 Å². The lowest BCUT2D eigenvalue weighted by Crippen LogP contribution is -2.54. The number of ether oxygens (including phenoxy) is 1. The largest absolute Gasteiger partial charge is 0.381 e. The summed E-state index contributed by atoms with van der Waals surface area (Å²) in [5, 5.41) is 22.2. The van der Waals surface area contributed by atoms with E-state index in [1.54, 1.807) is 6.20 Å². The third kappa shape index (κ3) is 5.32. The maximum atomic E-state index is 13.6. The van der Waals surface area contributed by atoms with Crippen molar-refractivity contribution in [3.63, 3.8) is 0 Å². The minimum absolute atomic E-state index is 0.0258. The third-order valence-corrected chi connectivity index (χ3v) is 7.74. The molecule has 2 aliphatic rings. The summed E-state index contributed by atoms with van der Waals surface area (Å²) in [6.45, 7) is 10.1. The normalized spacial score (nSPS) is 17.5. The molecular formula is C28H36N8O3. The number of amides is 3. The van der Waals surface area contributed by atoms with Crippen molar-refractivity contribution in [1.29, 1.82) is 0 Å². The van der Waals surface area contributed by atoms with Crippen LogP contribution in [0.2, 0.25) is 0 Å². The van der Waals surface area contributed by atoms with Gasteiger partial charge in [-0.1, -0.05) is 6.58 Å². The summed E-state index contributed by atoms with van der Waals surface area (Å²) in [6, 6.07) is 7.42. The molecule has 1 atom stereocenters. The summed E-state index contributed by atoms with van der Waals surface area (Å²) < 4.78 is 5.53. The molecule has 0 unspecified atom stereocenters. The molecule has 11 heteroatoms. The van der Waals surface area contributed by atoms with E-state index < -0.39 is 5.54 Å². The molecule has 2 aromatic heterocycles. The maximum absolute atomic E-state index is 13.6. The van der Waals surface area contributed by atoms with E-state index in [-0.39, 0.29) is 18.0 Å². The smallest absolute Gasteiger partial charge is 0.318 e. The Morgan fingerprint density at radius 1 is 1.26 bits per heavy atom. The van der Waals surface area contributed by atoms with Crippen LogP contribution >= 0.6 is 0 Å². The summed E-state index contributed by atoms with van der Waals surface area (Å²) in [5.74, 6) is 1.38. The van der Waals surface area contributed by atoms with Gasteiger partial charge in [0.25, 0.3) is 0 Å². The number of carbonyl (C=O) groups is 2. The van der Waals surface area contributed by atoms with Gasteiger partial charge in [0.2, 0.25) is 5.91 Å². The van der Waals surface area contributed by atoms with Gasteiger partial charge in [0.15, 0.2) is 5.82 Å². The first-order valence-corrected chi connectivity index (χ1v) is 13.3. The fourth-order valence-corrected chi connectivity index (χ4v) is 5.52. The van der Waals surface area contributed by atoms with Crippen molar-refractivity contribution in [3.05, 3.63) is 54.4 Å². The molecule has 3 aromatic rings. The number of fused-ring (bicyclic) bond motifs is 2. The molecule has 4 heterocycles. The number of hydrogen-bond donors (Lipinski definition) is 5. The van der Waals surface area contributed by atoms with Crippen molar-refractivity contribution in [2.24, 2.45) is 5.92 Å². The van der Waals surface area contributed by atoms with Crippen LogP contribution < -0.4 is 21.3 Å². The average Bonchev–Trinajstić information content (AvgIpc) is 3.46. The number of hydrogen-bond acceptors (Lipinski definition) is 7. The number of aromatic amines is 1. The molecule has 39 heavy (non-hydrogen) atoms. The highest BCUT2D eigenvalue weighted by Gasteiger charge is 2.44. The van der Waals surface area contributed by atoms with Gasteiger partial charge in [-0.25, -0.2) is 9.78 Å². The van der Waals surface area contributed by atoms with Crippen LogP contribution in [0, 0.1) is 5.92 Å². The highest BCUT2D eigenvalue weighted by molar-refractivity contribution is 6.02. The fraction of sp³-hybridized carbons (Fsp3) is 0.429. The van der Waals surface area contributed by atoms with E-state index in [9.17, 15) is 9.59 Å². The topological polar surface area (TPSA) is 136 Å². The zero-order chi connectivity index (χ0) is 27.6. The van der Waals surface area contributed by atoms with Crippen LogP contribution in [0.25, 0.3) is 10.8 Å². The number of likely N-dealkylation sites (N-methyl/N-ethyl adjacent to an activating group) is 1. The second-order valence-electron chi connectivity index (χ2n) is 10.5. The molecule has 206 valence electrons. The SMILES string of the molecule is C=CC(=O)Nc1ccc2c(Nc3n[nH]c4c3CN(C(=O)N[C@H](CNC)C3CCOCC3)C4(C)C)nccc2c1. The second-order valence-corrected chi connectivity index (χ2v) is 10.5. The molecule has 0 aliphatic carbocycles. The minimum atomic E-state index is -0.573. The van der Waals surface area contributed by atoms with Crippen LogP contribution in [-0.4, -0.2) is 64.9 Å². The van der Waals surface area contributed by atoms with Gasteiger partial charge in [-0.15, -0.1) is 0 Å². The highest BCUT2D eigenvalue weighted by atomic mass is 16.5. The van der Waals surface area contributed by atoms with Gasteiger partial charge >= 0.3 is 6.03 Å². The van der Waals surface area contributed by atoms with E-state index in [2.05, 4.69) is 43.0 Å². The van der Waals surface area contributed by atoms with Crippen LogP contribution in [0.5, 0.6) is 0 Å². The number of rotatable bonds is 8. The van der Waals surface area contributed by atoms with Crippen LogP contribution in [0.15, 0.2) is 43.1 Å². The van der Waals surface area contributed by atoms with E-state index in [0.29, 0.717) is 36.3 Å². The van der Waals surface area contributed by atoms with Crippen molar-refractivity contribution < 1.29 is 14.3 Å². The maximum Gasteiger partial charge on any atom is 0.318 e. The van der Waals surface area contributed by atoms with E-state index in [0.717, 1.165) is 48.1 Å². The van der Waals surface area contributed by atoms with E-state index in [1.807, 2.05) is 50.1 Å². The summed E-state index contributed by atoms with van der Waals surface area (Å²) in [5.41, 5.74) is 1.92. The quantitative estimate of drug-likeness (QED) is 0.280. The average molecular weight is 533 g/mol. The first kappa shape index (κ1) is 26.6. The Morgan fingerprint density at radius 2 is 2.05 bits per heavy atom. The third-order valence-electron chi connectivity index (χ3n) is 7.74. The van der Waals surface area contributed by atoms with Crippen molar-refractivity contribution >= 4 is 40.0 Å². The molecule has 0 bridgehead atoms. The molecule has 0 spiro atoms. The number of benzene rings is 1. The zero-order valence-electron chi connectivity index (χ0n) is 22.6. The van der Waals surface area contributed by atoms with Gasteiger partial charge < -0.3 is 30.9 Å². The van der Waals surface area contributed by atoms with Gasteiger partial charge in [0.1, 0.15) is 5.82 Å². The van der Waals surface area contributed by atoms with Gasteiger partial charge in [-0.05, 0) is 75.4 Å². The lowest BCUT2D eigenvalue weighted by Gasteiger charge is -2.36. The predicted molar refractivity (Wildman–Crippen MR) is 151 cm³/mol. The predicted octanol–water partition coefficient (Wildman–Crippen LogP) is 3.60. The van der Waals surface area contributed by atoms with E-state index >= 15 is 0 Å². The second kappa shape index (κ2) is 11.0. The molecule has 0 radical (unpaired) electrons. The lowest BCUT2D eigenvalue weighted by atomic mass is 9.91.